The normalized spacial score (nSPS) is 21.1. The van der Waals surface area contributed by atoms with Gasteiger partial charge in [0.1, 0.15) is 0 Å². The number of hydrogen-bond acceptors (Lipinski definition) is 3. The minimum absolute atomic E-state index is 0.171. The molecule has 18 heavy (non-hydrogen) atoms. The molecule has 0 amide bonds. The summed E-state index contributed by atoms with van der Waals surface area (Å²) in [5.74, 6) is 0.611. The largest absolute Gasteiger partial charge is 0.315 e. The van der Waals surface area contributed by atoms with Crippen LogP contribution in [0, 0.1) is 5.92 Å². The maximum atomic E-state index is 12.5. The maximum absolute atomic E-state index is 12.5. The van der Waals surface area contributed by atoms with Crippen LogP contribution >= 0.6 is 0 Å². The fourth-order valence-corrected chi connectivity index (χ4v) is 4.93. The standard InChI is InChI=1S/C13H28N2O2S/c1-4-9-15(13-7-8-14-10-13)18(16,17)11-12(5-2)6-3/h12-14H,4-11H2,1-3H3. The van der Waals surface area contributed by atoms with E-state index in [1.54, 1.807) is 4.31 Å². The molecule has 1 saturated heterocycles. The van der Waals surface area contributed by atoms with Gasteiger partial charge in [-0.25, -0.2) is 8.42 Å². The van der Waals surface area contributed by atoms with Gasteiger partial charge in [-0.15, -0.1) is 0 Å². The minimum Gasteiger partial charge on any atom is -0.315 e. The third-order valence-electron chi connectivity index (χ3n) is 3.84. The fourth-order valence-electron chi connectivity index (χ4n) is 2.57. The fraction of sp³-hybridized carbons (Fsp3) is 1.00. The van der Waals surface area contributed by atoms with E-state index in [-0.39, 0.29) is 6.04 Å². The Morgan fingerprint density at radius 1 is 1.28 bits per heavy atom. The van der Waals surface area contributed by atoms with Crippen LogP contribution in [0.3, 0.4) is 0 Å². The van der Waals surface area contributed by atoms with Gasteiger partial charge in [-0.3, -0.25) is 0 Å². The lowest BCUT2D eigenvalue weighted by Gasteiger charge is -2.28. The van der Waals surface area contributed by atoms with Gasteiger partial charge in [0.2, 0.25) is 10.0 Å². The van der Waals surface area contributed by atoms with E-state index in [0.29, 0.717) is 18.2 Å². The van der Waals surface area contributed by atoms with E-state index >= 15 is 0 Å². The molecule has 108 valence electrons. The lowest BCUT2D eigenvalue weighted by molar-refractivity contribution is 0.330. The van der Waals surface area contributed by atoms with Crippen LogP contribution in [0.15, 0.2) is 0 Å². The van der Waals surface area contributed by atoms with Crippen LogP contribution in [0.1, 0.15) is 46.5 Å². The second kappa shape index (κ2) is 7.46. The van der Waals surface area contributed by atoms with E-state index in [4.69, 9.17) is 0 Å². The molecule has 1 aliphatic heterocycles. The molecule has 1 aliphatic rings. The Kier molecular flexibility index (Phi) is 6.60. The molecule has 1 rings (SSSR count). The highest BCUT2D eigenvalue weighted by Gasteiger charge is 2.32. The predicted octanol–water partition coefficient (Wildman–Crippen LogP) is 1.83. The van der Waals surface area contributed by atoms with Crippen LogP contribution in [0.2, 0.25) is 0 Å². The Hall–Kier alpha value is -0.130. The van der Waals surface area contributed by atoms with Gasteiger partial charge in [-0.2, -0.15) is 4.31 Å². The van der Waals surface area contributed by atoms with Gasteiger partial charge in [-0.1, -0.05) is 33.6 Å². The topological polar surface area (TPSA) is 49.4 Å². The first-order valence-electron chi connectivity index (χ1n) is 7.25. The Balaban J connectivity index is 2.75. The summed E-state index contributed by atoms with van der Waals surface area (Å²) in [5.41, 5.74) is 0. The van der Waals surface area contributed by atoms with E-state index < -0.39 is 10.0 Å². The molecule has 0 aliphatic carbocycles. The summed E-state index contributed by atoms with van der Waals surface area (Å²) in [7, 11) is -3.10. The highest BCUT2D eigenvalue weighted by atomic mass is 32.2. The molecular weight excluding hydrogens is 248 g/mol. The molecule has 0 aromatic heterocycles. The summed E-state index contributed by atoms with van der Waals surface area (Å²) in [4.78, 5) is 0. The van der Waals surface area contributed by atoms with Crippen LogP contribution in [0.25, 0.3) is 0 Å². The third kappa shape index (κ3) is 4.21. The van der Waals surface area contributed by atoms with Crippen molar-refractivity contribution < 1.29 is 8.42 Å². The van der Waals surface area contributed by atoms with Crippen LogP contribution in [-0.2, 0) is 10.0 Å². The number of hydrogen-bond donors (Lipinski definition) is 1. The second-order valence-corrected chi connectivity index (χ2v) is 7.18. The molecule has 1 heterocycles. The van der Waals surface area contributed by atoms with Crippen LogP contribution in [0.4, 0.5) is 0 Å². The van der Waals surface area contributed by atoms with Crippen molar-refractivity contribution in [3.8, 4) is 0 Å². The molecule has 0 spiro atoms. The third-order valence-corrected chi connectivity index (χ3v) is 5.93. The summed E-state index contributed by atoms with van der Waals surface area (Å²) in [6, 6.07) is 0.171. The molecule has 4 nitrogen and oxygen atoms in total. The Morgan fingerprint density at radius 2 is 1.94 bits per heavy atom. The van der Waals surface area contributed by atoms with Crippen LogP contribution in [-0.4, -0.2) is 44.2 Å². The van der Waals surface area contributed by atoms with Crippen LogP contribution < -0.4 is 5.32 Å². The van der Waals surface area contributed by atoms with E-state index in [1.807, 2.05) is 6.92 Å². The Bertz CT molecular complexity index is 320. The molecule has 0 bridgehead atoms. The summed E-state index contributed by atoms with van der Waals surface area (Å²) < 4.78 is 26.8. The lowest BCUT2D eigenvalue weighted by atomic mass is 10.1. The van der Waals surface area contributed by atoms with Crippen molar-refractivity contribution in [2.24, 2.45) is 5.92 Å². The molecule has 5 heteroatoms. The zero-order valence-electron chi connectivity index (χ0n) is 12.0. The van der Waals surface area contributed by atoms with Gasteiger partial charge >= 0.3 is 0 Å². The van der Waals surface area contributed by atoms with Crippen molar-refractivity contribution in [2.45, 2.75) is 52.5 Å². The highest BCUT2D eigenvalue weighted by Crippen LogP contribution is 2.19. The average Bonchev–Trinajstić information content (AvgIpc) is 2.86. The summed E-state index contributed by atoms with van der Waals surface area (Å²) in [5, 5.41) is 3.26. The Labute approximate surface area is 112 Å². The van der Waals surface area contributed by atoms with Gasteiger partial charge < -0.3 is 5.32 Å². The molecule has 1 unspecified atom stereocenters. The van der Waals surface area contributed by atoms with E-state index in [0.717, 1.165) is 38.8 Å². The van der Waals surface area contributed by atoms with Crippen molar-refractivity contribution in [3.63, 3.8) is 0 Å². The quantitative estimate of drug-likeness (QED) is 0.736. The van der Waals surface area contributed by atoms with Gasteiger partial charge in [0.05, 0.1) is 5.75 Å². The van der Waals surface area contributed by atoms with Gasteiger partial charge in [0, 0.05) is 19.1 Å². The van der Waals surface area contributed by atoms with Crippen LogP contribution in [0.5, 0.6) is 0 Å². The van der Waals surface area contributed by atoms with Crippen molar-refractivity contribution in [2.75, 3.05) is 25.4 Å². The van der Waals surface area contributed by atoms with E-state index in [1.165, 1.54) is 0 Å². The number of sulfonamides is 1. The number of nitrogens with zero attached hydrogens (tertiary/aromatic N) is 1. The predicted molar refractivity (Wildman–Crippen MR) is 76.1 cm³/mol. The molecule has 0 saturated carbocycles. The lowest BCUT2D eigenvalue weighted by Crippen LogP contribution is -2.44. The molecule has 1 fully saturated rings. The second-order valence-electron chi connectivity index (χ2n) is 5.22. The first kappa shape index (κ1) is 15.9. The number of nitrogens with one attached hydrogen (secondary N) is 1. The maximum Gasteiger partial charge on any atom is 0.214 e. The van der Waals surface area contributed by atoms with Gasteiger partial charge in [-0.05, 0) is 25.3 Å². The molecule has 1 N–H and O–H groups in total. The first-order valence-corrected chi connectivity index (χ1v) is 8.86. The minimum atomic E-state index is -3.10. The molecule has 0 aromatic carbocycles. The molecule has 0 aromatic rings. The number of rotatable bonds is 8. The van der Waals surface area contributed by atoms with Crippen molar-refractivity contribution in [1.29, 1.82) is 0 Å². The first-order chi connectivity index (χ1) is 8.55. The Morgan fingerprint density at radius 3 is 2.39 bits per heavy atom. The summed E-state index contributed by atoms with van der Waals surface area (Å²) in [6.07, 6.45) is 3.72. The smallest absolute Gasteiger partial charge is 0.214 e. The van der Waals surface area contributed by atoms with E-state index in [9.17, 15) is 8.42 Å². The average molecular weight is 276 g/mol. The molecular formula is C13H28N2O2S. The highest BCUT2D eigenvalue weighted by molar-refractivity contribution is 7.89. The zero-order valence-corrected chi connectivity index (χ0v) is 12.8. The SMILES string of the molecule is CCCN(C1CCNC1)S(=O)(=O)CC(CC)CC. The molecule has 0 radical (unpaired) electrons. The summed E-state index contributed by atoms with van der Waals surface area (Å²) in [6.45, 7) is 8.60. The van der Waals surface area contributed by atoms with Crippen molar-refractivity contribution >= 4 is 10.0 Å². The van der Waals surface area contributed by atoms with Gasteiger partial charge in [0.25, 0.3) is 0 Å². The molecule has 1 atom stereocenters. The van der Waals surface area contributed by atoms with E-state index in [2.05, 4.69) is 19.2 Å². The zero-order chi connectivity index (χ0) is 13.6. The van der Waals surface area contributed by atoms with Crippen molar-refractivity contribution in [3.05, 3.63) is 0 Å². The summed E-state index contributed by atoms with van der Waals surface area (Å²) >= 11 is 0. The van der Waals surface area contributed by atoms with Gasteiger partial charge in [0.15, 0.2) is 0 Å². The monoisotopic (exact) mass is 276 g/mol. The van der Waals surface area contributed by atoms with Crippen molar-refractivity contribution in [1.82, 2.24) is 9.62 Å².